The van der Waals surface area contributed by atoms with E-state index in [9.17, 15) is 0 Å². The van der Waals surface area contributed by atoms with Gasteiger partial charge < -0.3 is 10.2 Å². The minimum absolute atomic E-state index is 0.195. The van der Waals surface area contributed by atoms with Gasteiger partial charge in [-0.25, -0.2) is 4.98 Å². The third-order valence-electron chi connectivity index (χ3n) is 5.29. The molecule has 5 heteroatoms. The van der Waals surface area contributed by atoms with Crippen molar-refractivity contribution in [2.75, 3.05) is 26.0 Å². The van der Waals surface area contributed by atoms with Gasteiger partial charge in [0.2, 0.25) is 5.95 Å². The summed E-state index contributed by atoms with van der Waals surface area (Å²) >= 11 is 0. The van der Waals surface area contributed by atoms with Gasteiger partial charge in [-0.15, -0.1) is 5.10 Å². The van der Waals surface area contributed by atoms with Gasteiger partial charge in [0.15, 0.2) is 0 Å². The zero-order chi connectivity index (χ0) is 17.0. The first-order chi connectivity index (χ1) is 11.6. The Hall–Kier alpha value is -2.01. The predicted octanol–water partition coefficient (Wildman–Crippen LogP) is 3.52. The topological polar surface area (TPSA) is 53.9 Å². The molecule has 1 aromatic carbocycles. The van der Waals surface area contributed by atoms with Crippen molar-refractivity contribution in [1.29, 1.82) is 0 Å². The number of nitrogens with zero attached hydrogens (tertiary/aromatic N) is 4. The van der Waals surface area contributed by atoms with Gasteiger partial charge in [-0.05, 0) is 39.4 Å². The maximum Gasteiger partial charge on any atom is 0.243 e. The lowest BCUT2D eigenvalue weighted by atomic mass is 9.80. The Kier molecular flexibility index (Phi) is 5.09. The molecule has 1 aliphatic rings. The monoisotopic (exact) mass is 325 g/mol. The van der Waals surface area contributed by atoms with E-state index in [1.165, 1.54) is 37.7 Å². The van der Waals surface area contributed by atoms with E-state index in [1.807, 2.05) is 12.1 Å². The molecule has 0 unspecified atom stereocenters. The van der Waals surface area contributed by atoms with Crippen molar-refractivity contribution in [3.05, 3.63) is 36.0 Å². The molecule has 1 heterocycles. The van der Waals surface area contributed by atoms with Crippen LogP contribution in [0.4, 0.5) is 5.95 Å². The van der Waals surface area contributed by atoms with Gasteiger partial charge in [0, 0.05) is 17.6 Å². The smallest absolute Gasteiger partial charge is 0.243 e. The highest BCUT2D eigenvalue weighted by molar-refractivity contribution is 5.63. The van der Waals surface area contributed by atoms with Gasteiger partial charge >= 0.3 is 0 Å². The molecule has 1 saturated carbocycles. The standard InChI is InChI=1S/C19H27N5/c1-15-9-5-6-10-16(15)17-13-21-23-18(22-17)20-14-19(24(2)3)11-7-4-8-12-19/h5-6,9-10,13H,4,7-8,11-12,14H2,1-3H3,(H,20,22,23). The molecule has 3 rings (SSSR count). The summed E-state index contributed by atoms with van der Waals surface area (Å²) in [5.41, 5.74) is 3.37. The van der Waals surface area contributed by atoms with E-state index in [0.29, 0.717) is 5.95 Å². The normalized spacial score (nSPS) is 17.0. The number of rotatable bonds is 5. The molecule has 1 fully saturated rings. The fraction of sp³-hybridized carbons (Fsp3) is 0.526. The molecule has 0 radical (unpaired) electrons. The number of likely N-dealkylation sites (N-methyl/N-ethyl adjacent to an activating group) is 1. The molecule has 1 N–H and O–H groups in total. The zero-order valence-corrected chi connectivity index (χ0v) is 14.9. The molecule has 128 valence electrons. The second-order valence-corrected chi connectivity index (χ2v) is 7.01. The lowest BCUT2D eigenvalue weighted by molar-refractivity contribution is 0.113. The first kappa shape index (κ1) is 16.8. The summed E-state index contributed by atoms with van der Waals surface area (Å²) in [4.78, 5) is 7.03. The summed E-state index contributed by atoms with van der Waals surface area (Å²) in [6.45, 7) is 2.95. The third-order valence-corrected chi connectivity index (χ3v) is 5.29. The van der Waals surface area contributed by atoms with Gasteiger partial charge in [0.25, 0.3) is 0 Å². The van der Waals surface area contributed by atoms with Crippen LogP contribution in [0.15, 0.2) is 30.5 Å². The molecule has 0 bridgehead atoms. The van der Waals surface area contributed by atoms with Gasteiger partial charge in [-0.3, -0.25) is 0 Å². The Labute approximate surface area is 144 Å². The quantitative estimate of drug-likeness (QED) is 0.911. The zero-order valence-electron chi connectivity index (χ0n) is 14.9. The van der Waals surface area contributed by atoms with Gasteiger partial charge in [0.05, 0.1) is 11.9 Å². The highest BCUT2D eigenvalue weighted by atomic mass is 15.3. The summed E-state index contributed by atoms with van der Waals surface area (Å²) in [5, 5.41) is 11.8. The largest absolute Gasteiger partial charge is 0.351 e. The number of anilines is 1. The van der Waals surface area contributed by atoms with Crippen molar-refractivity contribution in [3.63, 3.8) is 0 Å². The number of nitrogens with one attached hydrogen (secondary N) is 1. The lowest BCUT2D eigenvalue weighted by Crippen LogP contribution is -2.51. The Morgan fingerprint density at radius 3 is 2.58 bits per heavy atom. The minimum atomic E-state index is 0.195. The van der Waals surface area contributed by atoms with Crippen LogP contribution in [0.1, 0.15) is 37.7 Å². The predicted molar refractivity (Wildman–Crippen MR) is 98.0 cm³/mol. The maximum absolute atomic E-state index is 4.68. The molecule has 0 aliphatic heterocycles. The van der Waals surface area contributed by atoms with Crippen LogP contribution in [-0.4, -0.2) is 46.3 Å². The van der Waals surface area contributed by atoms with E-state index in [2.05, 4.69) is 58.5 Å². The van der Waals surface area contributed by atoms with Crippen LogP contribution < -0.4 is 5.32 Å². The van der Waals surface area contributed by atoms with Crippen molar-refractivity contribution in [3.8, 4) is 11.3 Å². The fourth-order valence-electron chi connectivity index (χ4n) is 3.60. The van der Waals surface area contributed by atoms with Gasteiger partial charge in [-0.2, -0.15) is 5.10 Å². The van der Waals surface area contributed by atoms with Gasteiger partial charge in [-0.1, -0.05) is 43.5 Å². The first-order valence-corrected chi connectivity index (χ1v) is 8.78. The summed E-state index contributed by atoms with van der Waals surface area (Å²) in [5.74, 6) is 0.613. The van der Waals surface area contributed by atoms with Crippen LogP contribution >= 0.6 is 0 Å². The molecular formula is C19H27N5. The number of hydrogen-bond acceptors (Lipinski definition) is 5. The van der Waals surface area contributed by atoms with Crippen molar-refractivity contribution in [1.82, 2.24) is 20.1 Å². The Bertz CT molecular complexity index is 677. The first-order valence-electron chi connectivity index (χ1n) is 8.78. The van der Waals surface area contributed by atoms with Crippen LogP contribution in [0.3, 0.4) is 0 Å². The minimum Gasteiger partial charge on any atom is -0.351 e. The van der Waals surface area contributed by atoms with Gasteiger partial charge in [0.1, 0.15) is 0 Å². The van der Waals surface area contributed by atoms with Crippen molar-refractivity contribution in [2.24, 2.45) is 0 Å². The molecular weight excluding hydrogens is 298 g/mol. The number of hydrogen-bond donors (Lipinski definition) is 1. The molecule has 0 spiro atoms. The Morgan fingerprint density at radius 2 is 1.88 bits per heavy atom. The average Bonchev–Trinajstić information content (AvgIpc) is 2.61. The molecule has 24 heavy (non-hydrogen) atoms. The highest BCUT2D eigenvalue weighted by Gasteiger charge is 2.34. The second kappa shape index (κ2) is 7.26. The van der Waals surface area contributed by atoms with E-state index in [4.69, 9.17) is 0 Å². The average molecular weight is 325 g/mol. The SMILES string of the molecule is Cc1ccccc1-c1cnnc(NCC2(N(C)C)CCCCC2)n1. The van der Waals surface area contributed by atoms with Crippen molar-refractivity contribution < 1.29 is 0 Å². The van der Waals surface area contributed by atoms with E-state index in [0.717, 1.165) is 17.8 Å². The molecule has 0 atom stereocenters. The molecule has 1 aromatic heterocycles. The molecule has 2 aromatic rings. The van der Waals surface area contributed by atoms with E-state index < -0.39 is 0 Å². The van der Waals surface area contributed by atoms with Crippen LogP contribution in [0, 0.1) is 6.92 Å². The van der Waals surface area contributed by atoms with Crippen LogP contribution in [0.25, 0.3) is 11.3 Å². The van der Waals surface area contributed by atoms with Crippen molar-refractivity contribution in [2.45, 2.75) is 44.6 Å². The highest BCUT2D eigenvalue weighted by Crippen LogP contribution is 2.32. The Morgan fingerprint density at radius 1 is 1.12 bits per heavy atom. The number of benzene rings is 1. The van der Waals surface area contributed by atoms with Crippen LogP contribution in [-0.2, 0) is 0 Å². The summed E-state index contributed by atoms with van der Waals surface area (Å²) in [6, 6.07) is 8.23. The molecule has 5 nitrogen and oxygen atoms in total. The van der Waals surface area contributed by atoms with Crippen LogP contribution in [0.2, 0.25) is 0 Å². The lowest BCUT2D eigenvalue weighted by Gasteiger charge is -2.43. The summed E-state index contributed by atoms with van der Waals surface area (Å²) in [7, 11) is 4.35. The Balaban J connectivity index is 1.76. The number of aromatic nitrogens is 3. The summed E-state index contributed by atoms with van der Waals surface area (Å²) in [6.07, 6.45) is 8.10. The maximum atomic E-state index is 4.68. The molecule has 0 saturated heterocycles. The number of aryl methyl sites for hydroxylation is 1. The second-order valence-electron chi connectivity index (χ2n) is 7.01. The van der Waals surface area contributed by atoms with Crippen LogP contribution in [0.5, 0.6) is 0 Å². The van der Waals surface area contributed by atoms with E-state index in [-0.39, 0.29) is 5.54 Å². The molecule has 1 aliphatic carbocycles. The fourth-order valence-corrected chi connectivity index (χ4v) is 3.60. The van der Waals surface area contributed by atoms with Crippen molar-refractivity contribution >= 4 is 5.95 Å². The third kappa shape index (κ3) is 3.56. The molecule has 0 amide bonds. The van der Waals surface area contributed by atoms with E-state index in [1.54, 1.807) is 6.20 Å². The van der Waals surface area contributed by atoms with E-state index >= 15 is 0 Å². The summed E-state index contributed by atoms with van der Waals surface area (Å²) < 4.78 is 0.